The first-order valence-corrected chi connectivity index (χ1v) is 8.76. The summed E-state index contributed by atoms with van der Waals surface area (Å²) in [4.78, 5) is 12.1. The minimum absolute atomic E-state index is 0.121. The zero-order valence-corrected chi connectivity index (χ0v) is 15.2. The molecule has 3 aromatic rings. The molecule has 0 atom stereocenters. The van der Waals surface area contributed by atoms with Crippen LogP contribution in [0.25, 0.3) is 6.08 Å². The monoisotopic (exact) mass is 395 g/mol. The first-order chi connectivity index (χ1) is 12.2. The predicted octanol–water partition coefficient (Wildman–Crippen LogP) is 4.02. The molecule has 1 amide bonds. The molecule has 1 heterocycles. The van der Waals surface area contributed by atoms with Gasteiger partial charge in [-0.2, -0.15) is 5.10 Å². The van der Waals surface area contributed by atoms with Gasteiger partial charge in [0.2, 0.25) is 5.91 Å². The van der Waals surface area contributed by atoms with Crippen molar-refractivity contribution in [1.82, 2.24) is 15.1 Å². The maximum absolute atomic E-state index is 12.1. The van der Waals surface area contributed by atoms with Gasteiger partial charge in [0.25, 0.3) is 0 Å². The van der Waals surface area contributed by atoms with Crippen LogP contribution >= 0.6 is 15.9 Å². The van der Waals surface area contributed by atoms with Crippen LogP contribution in [-0.4, -0.2) is 15.7 Å². The van der Waals surface area contributed by atoms with Gasteiger partial charge in [-0.05, 0) is 34.9 Å². The van der Waals surface area contributed by atoms with Gasteiger partial charge in [-0.25, -0.2) is 0 Å². The second-order valence-electron chi connectivity index (χ2n) is 5.55. The van der Waals surface area contributed by atoms with Crippen molar-refractivity contribution in [3.05, 3.63) is 94.2 Å². The minimum atomic E-state index is -0.121. The Morgan fingerprint density at radius 2 is 1.84 bits per heavy atom. The lowest BCUT2D eigenvalue weighted by Gasteiger charge is -2.10. The molecule has 0 unspecified atom stereocenters. The van der Waals surface area contributed by atoms with Crippen molar-refractivity contribution < 1.29 is 4.79 Å². The summed E-state index contributed by atoms with van der Waals surface area (Å²) < 4.78 is 2.83. The zero-order chi connectivity index (χ0) is 17.5. The maximum atomic E-state index is 12.1. The fraction of sp³-hybridized carbons (Fsp3) is 0.100. The van der Waals surface area contributed by atoms with Gasteiger partial charge in [0.1, 0.15) is 0 Å². The average molecular weight is 396 g/mol. The summed E-state index contributed by atoms with van der Waals surface area (Å²) in [6.07, 6.45) is 7.04. The molecule has 0 radical (unpaired) electrons. The second-order valence-corrected chi connectivity index (χ2v) is 6.40. The van der Waals surface area contributed by atoms with E-state index in [2.05, 4.69) is 32.4 Å². The van der Waals surface area contributed by atoms with Gasteiger partial charge >= 0.3 is 0 Å². The quantitative estimate of drug-likeness (QED) is 0.640. The molecule has 1 aromatic heterocycles. The van der Waals surface area contributed by atoms with Crippen LogP contribution in [-0.2, 0) is 17.9 Å². The molecule has 0 aliphatic carbocycles. The molecule has 4 nitrogen and oxygen atoms in total. The molecular formula is C20H18BrN3O. The van der Waals surface area contributed by atoms with Crippen LogP contribution in [0.5, 0.6) is 0 Å². The summed E-state index contributed by atoms with van der Waals surface area (Å²) in [7, 11) is 0. The van der Waals surface area contributed by atoms with Crippen LogP contribution in [0.3, 0.4) is 0 Å². The van der Waals surface area contributed by atoms with Gasteiger partial charge in [-0.3, -0.25) is 9.48 Å². The molecule has 1 N–H and O–H groups in total. The van der Waals surface area contributed by atoms with Crippen molar-refractivity contribution in [1.29, 1.82) is 0 Å². The first-order valence-electron chi connectivity index (χ1n) is 7.97. The molecule has 2 aromatic carbocycles. The van der Waals surface area contributed by atoms with Crippen molar-refractivity contribution in [3.63, 3.8) is 0 Å². The van der Waals surface area contributed by atoms with E-state index in [1.807, 2.05) is 59.4 Å². The summed E-state index contributed by atoms with van der Waals surface area (Å²) in [5, 5.41) is 7.17. The first kappa shape index (κ1) is 17.2. The van der Waals surface area contributed by atoms with Crippen LogP contribution in [0.15, 0.2) is 77.5 Å². The summed E-state index contributed by atoms with van der Waals surface area (Å²) in [5.74, 6) is -0.121. The topological polar surface area (TPSA) is 46.9 Å². The number of nitrogens with one attached hydrogen (secondary N) is 1. The SMILES string of the molecule is O=C(/C=C/c1ccccc1Br)NCc1ccccc1Cn1cccn1. The van der Waals surface area contributed by atoms with Gasteiger partial charge in [-0.1, -0.05) is 58.4 Å². The van der Waals surface area contributed by atoms with Crippen molar-refractivity contribution in [3.8, 4) is 0 Å². The largest absolute Gasteiger partial charge is 0.348 e. The number of amides is 1. The molecule has 0 spiro atoms. The molecular weight excluding hydrogens is 378 g/mol. The third kappa shape index (κ3) is 4.90. The van der Waals surface area contributed by atoms with Gasteiger partial charge in [0.05, 0.1) is 6.54 Å². The fourth-order valence-electron chi connectivity index (χ4n) is 2.47. The maximum Gasteiger partial charge on any atom is 0.244 e. The molecule has 3 rings (SSSR count). The van der Waals surface area contributed by atoms with Crippen LogP contribution in [0.2, 0.25) is 0 Å². The molecule has 25 heavy (non-hydrogen) atoms. The molecule has 0 aliphatic rings. The Bertz CT molecular complexity index is 872. The number of carbonyl (C=O) groups excluding carboxylic acids is 1. The minimum Gasteiger partial charge on any atom is -0.348 e. The standard InChI is InChI=1S/C20H18BrN3O/c21-19-9-4-3-6-16(19)10-11-20(25)22-14-17-7-1-2-8-18(17)15-24-13-5-12-23-24/h1-13H,14-15H2,(H,22,25)/b11-10+. The Hall–Kier alpha value is -2.66. The van der Waals surface area contributed by atoms with E-state index >= 15 is 0 Å². The molecule has 0 saturated heterocycles. The van der Waals surface area contributed by atoms with Crippen molar-refractivity contribution >= 4 is 27.9 Å². The summed E-state index contributed by atoms with van der Waals surface area (Å²) >= 11 is 3.47. The average Bonchev–Trinajstić information content (AvgIpc) is 3.13. The smallest absolute Gasteiger partial charge is 0.244 e. The van der Waals surface area contributed by atoms with E-state index in [-0.39, 0.29) is 5.91 Å². The van der Waals surface area contributed by atoms with Gasteiger partial charge in [0, 0.05) is 29.5 Å². The Morgan fingerprint density at radius 3 is 2.60 bits per heavy atom. The lowest BCUT2D eigenvalue weighted by Crippen LogP contribution is -2.21. The number of benzene rings is 2. The molecule has 5 heteroatoms. The number of rotatable bonds is 6. The number of aromatic nitrogens is 2. The molecule has 0 fully saturated rings. The van der Waals surface area contributed by atoms with E-state index in [4.69, 9.17) is 0 Å². The third-order valence-corrected chi connectivity index (χ3v) is 4.50. The molecule has 126 valence electrons. The number of halogens is 1. The van der Waals surface area contributed by atoms with Crippen LogP contribution in [0.1, 0.15) is 16.7 Å². The Labute approximate surface area is 155 Å². The highest BCUT2D eigenvalue weighted by Crippen LogP contribution is 2.17. The van der Waals surface area contributed by atoms with E-state index in [1.165, 1.54) is 0 Å². The number of hydrogen-bond donors (Lipinski definition) is 1. The number of carbonyl (C=O) groups is 1. The van der Waals surface area contributed by atoms with Gasteiger partial charge < -0.3 is 5.32 Å². The highest BCUT2D eigenvalue weighted by atomic mass is 79.9. The summed E-state index contributed by atoms with van der Waals surface area (Å²) in [6, 6.07) is 17.7. The molecule has 0 aliphatic heterocycles. The number of nitrogens with zero attached hydrogens (tertiary/aromatic N) is 2. The fourth-order valence-corrected chi connectivity index (χ4v) is 2.89. The third-order valence-electron chi connectivity index (χ3n) is 3.78. The molecule has 0 bridgehead atoms. The van der Waals surface area contributed by atoms with Gasteiger partial charge in [0.15, 0.2) is 0 Å². The van der Waals surface area contributed by atoms with E-state index < -0.39 is 0 Å². The lowest BCUT2D eigenvalue weighted by atomic mass is 10.1. The summed E-state index contributed by atoms with van der Waals surface area (Å²) in [5.41, 5.74) is 3.19. The van der Waals surface area contributed by atoms with E-state index in [0.29, 0.717) is 13.1 Å². The number of hydrogen-bond acceptors (Lipinski definition) is 2. The predicted molar refractivity (Wildman–Crippen MR) is 103 cm³/mol. The Morgan fingerprint density at radius 1 is 1.08 bits per heavy atom. The van der Waals surface area contributed by atoms with E-state index in [0.717, 1.165) is 21.2 Å². The van der Waals surface area contributed by atoms with Crippen molar-refractivity contribution in [2.24, 2.45) is 0 Å². The lowest BCUT2D eigenvalue weighted by molar-refractivity contribution is -0.116. The zero-order valence-electron chi connectivity index (χ0n) is 13.6. The summed E-state index contributed by atoms with van der Waals surface area (Å²) in [6.45, 7) is 1.17. The van der Waals surface area contributed by atoms with Gasteiger partial charge in [-0.15, -0.1) is 0 Å². The second kappa shape index (κ2) is 8.44. The van der Waals surface area contributed by atoms with Crippen LogP contribution in [0, 0.1) is 0 Å². The van der Waals surface area contributed by atoms with E-state index in [9.17, 15) is 4.79 Å². The Kier molecular flexibility index (Phi) is 5.80. The highest BCUT2D eigenvalue weighted by molar-refractivity contribution is 9.10. The van der Waals surface area contributed by atoms with Crippen molar-refractivity contribution in [2.75, 3.05) is 0 Å². The molecule has 0 saturated carbocycles. The van der Waals surface area contributed by atoms with Crippen molar-refractivity contribution in [2.45, 2.75) is 13.1 Å². The van der Waals surface area contributed by atoms with Crippen LogP contribution in [0.4, 0.5) is 0 Å². The highest BCUT2D eigenvalue weighted by Gasteiger charge is 2.04. The van der Waals surface area contributed by atoms with E-state index in [1.54, 1.807) is 18.3 Å². The normalized spacial score (nSPS) is 10.9. The Balaban J connectivity index is 1.62. The van der Waals surface area contributed by atoms with Crippen LogP contribution < -0.4 is 5.32 Å².